The summed E-state index contributed by atoms with van der Waals surface area (Å²) in [6.07, 6.45) is 2.31. The van der Waals surface area contributed by atoms with Gasteiger partial charge in [0.05, 0.1) is 11.2 Å². The monoisotopic (exact) mass is 433 g/mol. The summed E-state index contributed by atoms with van der Waals surface area (Å²) in [5.41, 5.74) is -4.27. The van der Waals surface area contributed by atoms with Crippen LogP contribution in [0.3, 0.4) is 0 Å². The molecule has 0 amide bonds. The number of halogens is 3. The van der Waals surface area contributed by atoms with Crippen LogP contribution in [0.25, 0.3) is 0 Å². The number of nitrogens with zero attached hydrogens (tertiary/aromatic N) is 1. The van der Waals surface area contributed by atoms with Crippen molar-refractivity contribution in [3.05, 3.63) is 39.9 Å². The zero-order valence-corrected chi connectivity index (χ0v) is 17.7. The van der Waals surface area contributed by atoms with Crippen molar-refractivity contribution in [2.45, 2.75) is 42.7 Å². The van der Waals surface area contributed by atoms with Crippen molar-refractivity contribution in [1.82, 2.24) is 0 Å². The van der Waals surface area contributed by atoms with Crippen molar-refractivity contribution in [2.24, 2.45) is 0 Å². The zero-order chi connectivity index (χ0) is 20.9. The quantitative estimate of drug-likeness (QED) is 0.176. The zero-order valence-electron chi connectivity index (χ0n) is 15.0. The summed E-state index contributed by atoms with van der Waals surface area (Å²) in [4.78, 5) is 11.0. The molecule has 12 heteroatoms. The van der Waals surface area contributed by atoms with E-state index in [2.05, 4.69) is 32.8 Å². The minimum atomic E-state index is -6.09. The summed E-state index contributed by atoms with van der Waals surface area (Å²) in [5, 5.41) is 10.6. The Balaban J connectivity index is 0.000000660. The van der Waals surface area contributed by atoms with Gasteiger partial charge < -0.3 is 4.55 Å². The van der Waals surface area contributed by atoms with E-state index >= 15 is 0 Å². The number of alkyl halides is 3. The van der Waals surface area contributed by atoms with Crippen molar-refractivity contribution in [1.29, 1.82) is 0 Å². The highest BCUT2D eigenvalue weighted by Crippen LogP contribution is 2.22. The van der Waals surface area contributed by atoms with Crippen LogP contribution in [-0.2, 0) is 26.8 Å². The molecule has 0 aliphatic heterocycles. The van der Waals surface area contributed by atoms with Gasteiger partial charge in [-0.2, -0.15) is 13.2 Å². The van der Waals surface area contributed by atoms with Crippen molar-refractivity contribution < 1.29 is 31.1 Å². The molecule has 0 bridgehead atoms. The van der Waals surface area contributed by atoms with E-state index < -0.39 is 23.7 Å². The second kappa shape index (κ2) is 9.20. The Morgan fingerprint density at radius 1 is 1.19 bits per heavy atom. The van der Waals surface area contributed by atoms with Gasteiger partial charge in [0.2, 0.25) is 0 Å². The standard InChI is InChI=1S/C13H22NO2SSi.CHF3O3S/c1-11(18(3,4)5)17(2)10-12-6-8-13(9-7-12)14(15)16;2-1(3,4)8(5,6)7/h6-9,11H,10H2,1-5H3;(H,5,6,7)/q+1;/p-1. The number of hydrogen-bond acceptors (Lipinski definition) is 5. The van der Waals surface area contributed by atoms with Crippen molar-refractivity contribution in [3.8, 4) is 0 Å². The molecule has 0 aliphatic rings. The maximum atomic E-state index is 10.7. The molecule has 150 valence electrons. The van der Waals surface area contributed by atoms with Gasteiger partial charge in [0.25, 0.3) is 5.69 Å². The van der Waals surface area contributed by atoms with Crippen LogP contribution in [0.5, 0.6) is 0 Å². The highest BCUT2D eigenvalue weighted by molar-refractivity contribution is 7.97. The van der Waals surface area contributed by atoms with Crippen LogP contribution < -0.4 is 0 Å². The number of hydrogen-bond donors (Lipinski definition) is 0. The number of nitro groups is 1. The lowest BCUT2D eigenvalue weighted by Crippen LogP contribution is -2.41. The summed E-state index contributed by atoms with van der Waals surface area (Å²) in [5.74, 6) is 1.03. The second-order valence-corrected chi connectivity index (χ2v) is 16.4. The lowest BCUT2D eigenvalue weighted by atomic mass is 10.2. The van der Waals surface area contributed by atoms with Crippen LogP contribution in [0.2, 0.25) is 19.6 Å². The molecule has 0 fully saturated rings. The Labute approximate surface area is 155 Å². The first kappa shape index (κ1) is 24.9. The molecule has 0 heterocycles. The third-order valence-electron chi connectivity index (χ3n) is 3.65. The molecule has 26 heavy (non-hydrogen) atoms. The van der Waals surface area contributed by atoms with Gasteiger partial charge in [0.1, 0.15) is 18.7 Å². The first-order valence-electron chi connectivity index (χ1n) is 7.33. The normalized spacial score (nSPS) is 14.8. The maximum absolute atomic E-state index is 10.7. The molecular formula is C14H22F3NO5S2Si. The Morgan fingerprint density at radius 3 is 1.85 bits per heavy atom. The summed E-state index contributed by atoms with van der Waals surface area (Å²) in [6.45, 7) is 9.55. The Kier molecular flexibility index (Phi) is 8.80. The predicted octanol–water partition coefficient (Wildman–Crippen LogP) is 3.66. The molecule has 6 nitrogen and oxygen atoms in total. The van der Waals surface area contributed by atoms with Crippen molar-refractivity contribution >= 4 is 34.8 Å². The third-order valence-corrected chi connectivity index (χ3v) is 12.0. The largest absolute Gasteiger partial charge is 0.741 e. The summed E-state index contributed by atoms with van der Waals surface area (Å²) in [6, 6.07) is 6.98. The van der Waals surface area contributed by atoms with E-state index in [9.17, 15) is 23.3 Å². The van der Waals surface area contributed by atoms with Gasteiger partial charge >= 0.3 is 5.51 Å². The molecule has 1 aromatic carbocycles. The number of nitro benzene ring substituents is 1. The number of non-ortho nitro benzene ring substituents is 1. The Morgan fingerprint density at radius 2 is 1.58 bits per heavy atom. The van der Waals surface area contributed by atoms with E-state index in [-0.39, 0.29) is 10.6 Å². The fourth-order valence-corrected chi connectivity index (χ4v) is 7.75. The SMILES string of the molecule is CC([S+](C)Cc1ccc([N+](=O)[O-])cc1)[Si](C)(C)C.O=S(=O)([O-])C(F)(F)F. The van der Waals surface area contributed by atoms with Gasteiger partial charge in [-0.1, -0.05) is 19.6 Å². The Hall–Kier alpha value is -1.11. The lowest BCUT2D eigenvalue weighted by molar-refractivity contribution is -0.384. The van der Waals surface area contributed by atoms with Crippen LogP contribution in [0.1, 0.15) is 12.5 Å². The van der Waals surface area contributed by atoms with Gasteiger partial charge in [-0.05, 0) is 30.0 Å². The average molecular weight is 434 g/mol. The minimum Gasteiger partial charge on any atom is -0.741 e. The number of benzene rings is 1. The smallest absolute Gasteiger partial charge is 0.485 e. The molecule has 1 aromatic rings. The van der Waals surface area contributed by atoms with Crippen LogP contribution >= 0.6 is 0 Å². The fourth-order valence-electron chi connectivity index (χ4n) is 1.71. The van der Waals surface area contributed by atoms with E-state index in [1.807, 2.05) is 12.1 Å². The van der Waals surface area contributed by atoms with Gasteiger partial charge in [0.15, 0.2) is 10.1 Å². The molecule has 0 N–H and O–H groups in total. The molecule has 0 aromatic heterocycles. The molecule has 2 unspecified atom stereocenters. The van der Waals surface area contributed by atoms with E-state index in [4.69, 9.17) is 13.0 Å². The Bertz CT molecular complexity index is 703. The highest BCUT2D eigenvalue weighted by atomic mass is 32.2. The fraction of sp³-hybridized carbons (Fsp3) is 0.571. The van der Waals surface area contributed by atoms with E-state index in [0.717, 1.165) is 10.6 Å². The van der Waals surface area contributed by atoms with Crippen LogP contribution in [0.15, 0.2) is 24.3 Å². The van der Waals surface area contributed by atoms with E-state index in [1.54, 1.807) is 12.1 Å². The molecule has 1 rings (SSSR count). The molecular weight excluding hydrogens is 411 g/mol. The molecule has 0 saturated heterocycles. The molecule has 0 aliphatic carbocycles. The molecule has 0 radical (unpaired) electrons. The maximum Gasteiger partial charge on any atom is 0.485 e. The van der Waals surface area contributed by atoms with Gasteiger partial charge in [-0.25, -0.2) is 8.42 Å². The molecule has 0 saturated carbocycles. The second-order valence-electron chi connectivity index (χ2n) is 6.67. The number of rotatable bonds is 5. The third kappa shape index (κ3) is 8.51. The van der Waals surface area contributed by atoms with E-state index in [1.165, 1.54) is 5.56 Å². The van der Waals surface area contributed by atoms with E-state index in [0.29, 0.717) is 10.9 Å². The summed E-state index contributed by atoms with van der Waals surface area (Å²) in [7, 11) is -6.85. The van der Waals surface area contributed by atoms with Crippen molar-refractivity contribution in [3.63, 3.8) is 0 Å². The van der Waals surface area contributed by atoms with Crippen LogP contribution in [0.4, 0.5) is 18.9 Å². The predicted molar refractivity (Wildman–Crippen MR) is 98.6 cm³/mol. The van der Waals surface area contributed by atoms with Crippen LogP contribution in [-0.4, -0.2) is 42.6 Å². The van der Waals surface area contributed by atoms with Crippen LogP contribution in [0, 0.1) is 10.1 Å². The molecule has 0 spiro atoms. The lowest BCUT2D eigenvalue weighted by Gasteiger charge is -2.23. The van der Waals surface area contributed by atoms with Crippen molar-refractivity contribution in [2.75, 3.05) is 6.26 Å². The van der Waals surface area contributed by atoms with Gasteiger partial charge in [0, 0.05) is 17.7 Å². The van der Waals surface area contributed by atoms with Gasteiger partial charge in [-0.3, -0.25) is 10.1 Å². The first-order chi connectivity index (χ1) is 11.5. The van der Waals surface area contributed by atoms with Gasteiger partial charge in [-0.15, -0.1) is 0 Å². The average Bonchev–Trinajstić information content (AvgIpc) is 2.44. The topological polar surface area (TPSA) is 100 Å². The minimum absolute atomic E-state index is 0.174. The summed E-state index contributed by atoms with van der Waals surface area (Å²) >= 11 is 0. The highest BCUT2D eigenvalue weighted by Gasteiger charge is 2.37. The molecule has 2 atom stereocenters. The summed E-state index contributed by atoms with van der Waals surface area (Å²) < 4.78 is 58.9. The first-order valence-corrected chi connectivity index (χ1v) is 14.2.